The molecule has 0 aliphatic carbocycles. The largest absolute Gasteiger partial charge is 0.508 e. The molecule has 0 heterocycles. The Morgan fingerprint density at radius 2 is 2.20 bits per heavy atom. The van der Waals surface area contributed by atoms with Gasteiger partial charge in [-0.05, 0) is 6.07 Å². The standard InChI is InChI=1S/C10H12ClFN2O/c1-14(2)6-13-9-3-7(5-12)10(15)4-8(9)11/h3-4,6,15H,5H2,1-2H3. The molecular weight excluding hydrogens is 219 g/mol. The molecule has 0 amide bonds. The quantitative estimate of drug-likeness (QED) is 0.640. The number of halogens is 2. The summed E-state index contributed by atoms with van der Waals surface area (Å²) >= 11 is 5.83. The van der Waals surface area contributed by atoms with Gasteiger partial charge < -0.3 is 10.0 Å². The zero-order valence-corrected chi connectivity index (χ0v) is 9.29. The van der Waals surface area contributed by atoms with Gasteiger partial charge in [0.25, 0.3) is 0 Å². The van der Waals surface area contributed by atoms with Crippen molar-refractivity contribution < 1.29 is 9.50 Å². The van der Waals surface area contributed by atoms with Gasteiger partial charge in [0.05, 0.1) is 17.0 Å². The van der Waals surface area contributed by atoms with E-state index in [-0.39, 0.29) is 11.3 Å². The summed E-state index contributed by atoms with van der Waals surface area (Å²) in [5.41, 5.74) is 0.626. The molecule has 0 aromatic heterocycles. The Kier molecular flexibility index (Phi) is 3.91. The SMILES string of the molecule is CN(C)C=Nc1cc(CF)c(O)cc1Cl. The van der Waals surface area contributed by atoms with Crippen LogP contribution in [0.5, 0.6) is 5.75 Å². The van der Waals surface area contributed by atoms with Gasteiger partial charge in [0.15, 0.2) is 0 Å². The van der Waals surface area contributed by atoms with Gasteiger partial charge in [-0.15, -0.1) is 0 Å². The van der Waals surface area contributed by atoms with Gasteiger partial charge in [-0.2, -0.15) is 0 Å². The van der Waals surface area contributed by atoms with E-state index in [4.69, 9.17) is 11.6 Å². The number of benzene rings is 1. The fourth-order valence-corrected chi connectivity index (χ4v) is 1.18. The molecule has 1 N–H and O–H groups in total. The summed E-state index contributed by atoms with van der Waals surface area (Å²) in [4.78, 5) is 5.78. The maximum Gasteiger partial charge on any atom is 0.123 e. The third-order valence-corrected chi connectivity index (χ3v) is 2.02. The zero-order valence-electron chi connectivity index (χ0n) is 8.54. The molecule has 15 heavy (non-hydrogen) atoms. The lowest BCUT2D eigenvalue weighted by molar-refractivity contribution is 0.433. The van der Waals surface area contributed by atoms with Crippen molar-refractivity contribution in [2.24, 2.45) is 4.99 Å². The predicted octanol–water partition coefficient (Wildman–Crippen LogP) is 2.74. The number of alkyl halides is 1. The molecule has 0 saturated carbocycles. The van der Waals surface area contributed by atoms with Crippen molar-refractivity contribution in [1.82, 2.24) is 4.90 Å². The molecule has 1 rings (SSSR count). The van der Waals surface area contributed by atoms with E-state index < -0.39 is 6.67 Å². The predicted molar refractivity (Wildman–Crippen MR) is 59.8 cm³/mol. The summed E-state index contributed by atoms with van der Waals surface area (Å²) in [5, 5.41) is 9.60. The summed E-state index contributed by atoms with van der Waals surface area (Å²) in [6, 6.07) is 2.72. The van der Waals surface area contributed by atoms with Crippen LogP contribution in [-0.4, -0.2) is 30.4 Å². The van der Waals surface area contributed by atoms with Crippen LogP contribution < -0.4 is 0 Å². The van der Waals surface area contributed by atoms with Crippen molar-refractivity contribution >= 4 is 23.6 Å². The summed E-state index contributed by atoms with van der Waals surface area (Å²) in [6.45, 7) is -0.743. The molecular formula is C10H12ClFN2O. The highest BCUT2D eigenvalue weighted by molar-refractivity contribution is 6.33. The topological polar surface area (TPSA) is 35.8 Å². The number of hydrogen-bond donors (Lipinski definition) is 1. The monoisotopic (exact) mass is 230 g/mol. The Hall–Kier alpha value is -1.29. The lowest BCUT2D eigenvalue weighted by Gasteiger charge is -2.06. The van der Waals surface area contributed by atoms with Crippen LogP contribution in [0.3, 0.4) is 0 Å². The fraction of sp³-hybridized carbons (Fsp3) is 0.300. The molecule has 1 aromatic carbocycles. The zero-order chi connectivity index (χ0) is 11.4. The normalized spacial score (nSPS) is 10.9. The van der Waals surface area contributed by atoms with E-state index in [9.17, 15) is 9.50 Å². The molecule has 0 aliphatic heterocycles. The van der Waals surface area contributed by atoms with E-state index in [1.165, 1.54) is 12.1 Å². The summed E-state index contributed by atoms with van der Waals surface area (Å²) in [5.74, 6) is -0.147. The first-order valence-electron chi connectivity index (χ1n) is 4.32. The molecule has 0 fully saturated rings. The van der Waals surface area contributed by atoms with Crippen molar-refractivity contribution in [2.75, 3.05) is 14.1 Å². The molecule has 3 nitrogen and oxygen atoms in total. The molecule has 82 valence electrons. The smallest absolute Gasteiger partial charge is 0.123 e. The van der Waals surface area contributed by atoms with Crippen LogP contribution in [0.25, 0.3) is 0 Å². The van der Waals surface area contributed by atoms with Crippen LogP contribution in [-0.2, 0) is 6.67 Å². The second-order valence-corrected chi connectivity index (χ2v) is 3.68. The highest BCUT2D eigenvalue weighted by Gasteiger charge is 2.06. The third-order valence-electron chi connectivity index (χ3n) is 1.72. The fourth-order valence-electron chi connectivity index (χ4n) is 0.978. The first kappa shape index (κ1) is 11.8. The van der Waals surface area contributed by atoms with Crippen molar-refractivity contribution in [3.05, 3.63) is 22.7 Å². The highest BCUT2D eigenvalue weighted by atomic mass is 35.5. The molecule has 5 heteroatoms. The van der Waals surface area contributed by atoms with Gasteiger partial charge in [0, 0.05) is 25.7 Å². The van der Waals surface area contributed by atoms with E-state index in [0.29, 0.717) is 10.7 Å². The van der Waals surface area contributed by atoms with E-state index >= 15 is 0 Å². The molecule has 0 spiro atoms. The van der Waals surface area contributed by atoms with Gasteiger partial charge in [-0.25, -0.2) is 9.38 Å². The Morgan fingerprint density at radius 1 is 1.53 bits per heavy atom. The van der Waals surface area contributed by atoms with Crippen molar-refractivity contribution in [3.8, 4) is 5.75 Å². The van der Waals surface area contributed by atoms with Crippen LogP contribution >= 0.6 is 11.6 Å². The Balaban J connectivity index is 3.07. The maximum absolute atomic E-state index is 12.4. The summed E-state index contributed by atoms with van der Waals surface area (Å²) in [6.07, 6.45) is 1.56. The molecule has 0 radical (unpaired) electrons. The maximum atomic E-state index is 12.4. The second-order valence-electron chi connectivity index (χ2n) is 3.27. The number of phenols is 1. The van der Waals surface area contributed by atoms with E-state index in [1.54, 1.807) is 11.2 Å². The van der Waals surface area contributed by atoms with Crippen LogP contribution in [0.2, 0.25) is 5.02 Å². The number of nitrogens with zero attached hydrogens (tertiary/aromatic N) is 2. The molecule has 0 saturated heterocycles. The van der Waals surface area contributed by atoms with Crippen molar-refractivity contribution in [2.45, 2.75) is 6.67 Å². The Morgan fingerprint density at radius 3 is 2.73 bits per heavy atom. The Labute approximate surface area is 92.8 Å². The average molecular weight is 231 g/mol. The number of aromatic hydroxyl groups is 1. The minimum Gasteiger partial charge on any atom is -0.508 e. The van der Waals surface area contributed by atoms with Gasteiger partial charge >= 0.3 is 0 Å². The first-order chi connectivity index (χ1) is 7.04. The van der Waals surface area contributed by atoms with Gasteiger partial charge in [-0.1, -0.05) is 11.6 Å². The number of phenolic OH excluding ortho intramolecular Hbond substituents is 1. The van der Waals surface area contributed by atoms with Crippen LogP contribution in [0.1, 0.15) is 5.56 Å². The molecule has 0 unspecified atom stereocenters. The summed E-state index contributed by atoms with van der Waals surface area (Å²) in [7, 11) is 3.63. The lowest BCUT2D eigenvalue weighted by atomic mass is 10.2. The number of rotatable bonds is 3. The minimum atomic E-state index is -0.743. The van der Waals surface area contributed by atoms with E-state index in [0.717, 1.165) is 0 Å². The number of aliphatic imine (C=N–C) groups is 1. The van der Waals surface area contributed by atoms with E-state index in [2.05, 4.69) is 4.99 Å². The molecule has 0 bridgehead atoms. The van der Waals surface area contributed by atoms with Crippen LogP contribution in [0.15, 0.2) is 17.1 Å². The Bertz CT molecular complexity index is 380. The minimum absolute atomic E-state index is 0.147. The van der Waals surface area contributed by atoms with E-state index in [1.807, 2.05) is 14.1 Å². The van der Waals surface area contributed by atoms with Crippen molar-refractivity contribution in [3.63, 3.8) is 0 Å². The lowest BCUT2D eigenvalue weighted by Crippen LogP contribution is -2.07. The van der Waals surface area contributed by atoms with Gasteiger partial charge in [-0.3, -0.25) is 0 Å². The molecule has 0 aliphatic rings. The molecule has 1 aromatic rings. The average Bonchev–Trinajstić information content (AvgIpc) is 2.16. The molecule has 0 atom stereocenters. The second kappa shape index (κ2) is 4.98. The van der Waals surface area contributed by atoms with Crippen LogP contribution in [0, 0.1) is 0 Å². The highest BCUT2D eigenvalue weighted by Crippen LogP contribution is 2.32. The van der Waals surface area contributed by atoms with Crippen molar-refractivity contribution in [1.29, 1.82) is 0 Å². The summed E-state index contributed by atoms with van der Waals surface area (Å²) < 4.78 is 12.4. The number of hydrogen-bond acceptors (Lipinski definition) is 2. The van der Waals surface area contributed by atoms with Gasteiger partial charge in [0.2, 0.25) is 0 Å². The first-order valence-corrected chi connectivity index (χ1v) is 4.70. The van der Waals surface area contributed by atoms with Gasteiger partial charge in [0.1, 0.15) is 12.4 Å². The van der Waals surface area contributed by atoms with Crippen LogP contribution in [0.4, 0.5) is 10.1 Å². The third kappa shape index (κ3) is 3.09.